The van der Waals surface area contributed by atoms with Gasteiger partial charge < -0.3 is 4.90 Å². The van der Waals surface area contributed by atoms with E-state index in [1.807, 2.05) is 0 Å². The van der Waals surface area contributed by atoms with Gasteiger partial charge in [-0.1, -0.05) is 231 Å². The van der Waals surface area contributed by atoms with Crippen LogP contribution in [-0.4, -0.2) is 0 Å². The lowest BCUT2D eigenvalue weighted by Gasteiger charge is -2.27. The smallest absolute Gasteiger partial charge is 0.0468 e. The molecular weight excluding hydrogens is 831 g/mol. The van der Waals surface area contributed by atoms with Gasteiger partial charge in [-0.3, -0.25) is 0 Å². The molecule has 1 nitrogen and oxygen atoms in total. The van der Waals surface area contributed by atoms with Crippen molar-refractivity contribution in [1.82, 2.24) is 0 Å². The highest BCUT2D eigenvalue weighted by molar-refractivity contribution is 6.33. The molecule has 0 aliphatic rings. The fraction of sp³-hybridized carbons (Fsp3) is 0. The van der Waals surface area contributed by atoms with E-state index in [2.05, 4.69) is 278 Å². The van der Waals surface area contributed by atoms with E-state index < -0.39 is 0 Å². The molecule has 0 spiro atoms. The molecule has 0 saturated carbocycles. The predicted octanol–water partition coefficient (Wildman–Crippen LogP) is 19.3. The van der Waals surface area contributed by atoms with Gasteiger partial charge in [0.15, 0.2) is 0 Å². The van der Waals surface area contributed by atoms with E-state index >= 15 is 0 Å². The zero-order chi connectivity index (χ0) is 45.7. The molecule has 0 heterocycles. The lowest BCUT2D eigenvalue weighted by Crippen LogP contribution is -2.10. The molecule has 0 aromatic heterocycles. The average Bonchev–Trinajstić information content (AvgIpc) is 3.43. The van der Waals surface area contributed by atoms with Crippen molar-refractivity contribution in [3.63, 3.8) is 0 Å². The van der Waals surface area contributed by atoms with Crippen molar-refractivity contribution in [2.24, 2.45) is 0 Å². The molecule has 0 bridgehead atoms. The van der Waals surface area contributed by atoms with E-state index in [4.69, 9.17) is 0 Å². The van der Waals surface area contributed by atoms with E-state index in [0.29, 0.717) is 0 Å². The van der Waals surface area contributed by atoms with Crippen LogP contribution in [0.3, 0.4) is 0 Å². The van der Waals surface area contributed by atoms with Crippen molar-refractivity contribution in [1.29, 1.82) is 0 Å². The summed E-state index contributed by atoms with van der Waals surface area (Å²) < 4.78 is 0. The van der Waals surface area contributed by atoms with Crippen LogP contribution in [0.2, 0.25) is 0 Å². The maximum atomic E-state index is 2.44. The Balaban J connectivity index is 1.07. The molecule has 13 rings (SSSR count). The number of fused-ring (bicyclic) bond motifs is 8. The maximum absolute atomic E-state index is 2.44. The molecule has 0 aliphatic carbocycles. The van der Waals surface area contributed by atoms with E-state index in [1.54, 1.807) is 0 Å². The lowest BCUT2D eigenvalue weighted by atomic mass is 9.81. The highest BCUT2D eigenvalue weighted by Crippen LogP contribution is 2.50. The van der Waals surface area contributed by atoms with Gasteiger partial charge in [0.25, 0.3) is 0 Å². The molecular formula is C68H45N. The number of hydrogen-bond acceptors (Lipinski definition) is 1. The minimum absolute atomic E-state index is 1.09. The van der Waals surface area contributed by atoms with Crippen molar-refractivity contribution in [2.75, 3.05) is 4.90 Å². The molecule has 0 radical (unpaired) electrons. The summed E-state index contributed by atoms with van der Waals surface area (Å²) in [5, 5.41) is 12.4. The summed E-state index contributed by atoms with van der Waals surface area (Å²) in [4.78, 5) is 2.42. The first kappa shape index (κ1) is 40.3. The Morgan fingerprint density at radius 1 is 0.203 bits per heavy atom. The Morgan fingerprint density at radius 2 is 0.609 bits per heavy atom. The van der Waals surface area contributed by atoms with Gasteiger partial charge in [-0.2, -0.15) is 0 Å². The van der Waals surface area contributed by atoms with Crippen molar-refractivity contribution in [3.05, 3.63) is 273 Å². The minimum Gasteiger partial charge on any atom is -0.310 e. The van der Waals surface area contributed by atoms with Crippen LogP contribution in [0.25, 0.3) is 109 Å². The van der Waals surface area contributed by atoms with Crippen molar-refractivity contribution >= 4 is 70.9 Å². The SMILES string of the molecule is c1ccc(-c2cc(-c3ccccc3)c3c4ccccc4c4cc(N(c5ccc(-c6cccc7ccccc67)cc5)c5ccc(-c6cccc7ccccc67)cc5)ccc4c3c2-c2ccccc2)cc1. The molecule has 69 heavy (non-hydrogen) atoms. The summed E-state index contributed by atoms with van der Waals surface area (Å²) in [6.07, 6.45) is 0. The first-order chi connectivity index (χ1) is 34.2. The number of benzene rings is 13. The lowest BCUT2D eigenvalue weighted by molar-refractivity contribution is 1.29. The van der Waals surface area contributed by atoms with Crippen LogP contribution in [0.5, 0.6) is 0 Å². The second-order valence-corrected chi connectivity index (χ2v) is 18.0. The predicted molar refractivity (Wildman–Crippen MR) is 296 cm³/mol. The van der Waals surface area contributed by atoms with Gasteiger partial charge in [-0.05, 0) is 152 Å². The zero-order valence-electron chi connectivity index (χ0n) is 37.9. The van der Waals surface area contributed by atoms with Gasteiger partial charge >= 0.3 is 0 Å². The molecule has 322 valence electrons. The Hall–Kier alpha value is -9.04. The molecule has 0 unspecified atom stereocenters. The number of rotatable bonds is 8. The third-order valence-electron chi connectivity index (χ3n) is 14.0. The van der Waals surface area contributed by atoms with Crippen molar-refractivity contribution < 1.29 is 0 Å². The summed E-state index contributed by atoms with van der Waals surface area (Å²) in [6.45, 7) is 0. The van der Waals surface area contributed by atoms with Gasteiger partial charge in [0.2, 0.25) is 0 Å². The van der Waals surface area contributed by atoms with E-state index in [-0.39, 0.29) is 0 Å². The summed E-state index contributed by atoms with van der Waals surface area (Å²) in [7, 11) is 0. The van der Waals surface area contributed by atoms with E-state index in [9.17, 15) is 0 Å². The van der Waals surface area contributed by atoms with Crippen LogP contribution in [-0.2, 0) is 0 Å². The number of anilines is 3. The second kappa shape index (κ2) is 17.0. The zero-order valence-corrected chi connectivity index (χ0v) is 37.9. The van der Waals surface area contributed by atoms with E-state index in [0.717, 1.165) is 17.1 Å². The Kier molecular flexibility index (Phi) is 9.91. The third-order valence-corrected chi connectivity index (χ3v) is 14.0. The van der Waals surface area contributed by atoms with Crippen LogP contribution < -0.4 is 4.90 Å². The normalized spacial score (nSPS) is 11.5. The Labute approximate surface area is 402 Å². The number of hydrogen-bond donors (Lipinski definition) is 0. The molecule has 0 saturated heterocycles. The monoisotopic (exact) mass is 875 g/mol. The third kappa shape index (κ3) is 7.03. The molecule has 0 amide bonds. The first-order valence-corrected chi connectivity index (χ1v) is 23.8. The van der Waals surface area contributed by atoms with Crippen LogP contribution in [0.1, 0.15) is 0 Å². The van der Waals surface area contributed by atoms with E-state index in [1.165, 1.54) is 109 Å². The Morgan fingerprint density at radius 3 is 1.16 bits per heavy atom. The second-order valence-electron chi connectivity index (χ2n) is 18.0. The summed E-state index contributed by atoms with van der Waals surface area (Å²) in [5.41, 5.74) is 15.4. The quantitative estimate of drug-likeness (QED) is 0.138. The molecule has 1 heteroatoms. The maximum Gasteiger partial charge on any atom is 0.0468 e. The highest BCUT2D eigenvalue weighted by atomic mass is 15.1. The van der Waals surface area contributed by atoms with Crippen LogP contribution >= 0.6 is 0 Å². The molecule has 0 fully saturated rings. The summed E-state index contributed by atoms with van der Waals surface area (Å²) in [6, 6.07) is 100. The van der Waals surface area contributed by atoms with Crippen LogP contribution in [0.15, 0.2) is 273 Å². The molecule has 0 atom stereocenters. The first-order valence-electron chi connectivity index (χ1n) is 23.8. The topological polar surface area (TPSA) is 3.24 Å². The van der Waals surface area contributed by atoms with Gasteiger partial charge in [-0.15, -0.1) is 0 Å². The highest BCUT2D eigenvalue weighted by Gasteiger charge is 2.23. The van der Waals surface area contributed by atoms with Gasteiger partial charge in [0.1, 0.15) is 0 Å². The van der Waals surface area contributed by atoms with Gasteiger partial charge in [0.05, 0.1) is 0 Å². The standard InChI is InChI=1S/C68H45N/c1-4-18-48(19-5-1)63-45-64(49-20-6-2-7-21-49)67-61-31-15-14-30-60(61)65-44-55(42-43-62(65)68(67)66(63)52-24-8-3-9-25-52)69(53-38-34-50(35-39-53)58-32-16-26-46-22-10-12-28-56(46)58)54-40-36-51(37-41-54)59-33-17-27-47-23-11-13-29-57(47)59/h1-45H. The fourth-order valence-electron chi connectivity index (χ4n) is 10.9. The van der Waals surface area contributed by atoms with Gasteiger partial charge in [0, 0.05) is 17.1 Å². The van der Waals surface area contributed by atoms with Crippen LogP contribution in [0, 0.1) is 0 Å². The Bertz CT molecular complexity index is 3890. The molecule has 0 aliphatic heterocycles. The fourth-order valence-corrected chi connectivity index (χ4v) is 10.9. The minimum atomic E-state index is 1.09. The number of nitrogens with zero attached hydrogens (tertiary/aromatic N) is 1. The van der Waals surface area contributed by atoms with Gasteiger partial charge in [-0.25, -0.2) is 0 Å². The molecule has 13 aromatic carbocycles. The van der Waals surface area contributed by atoms with Crippen LogP contribution in [0.4, 0.5) is 17.1 Å². The van der Waals surface area contributed by atoms with Crippen molar-refractivity contribution in [2.45, 2.75) is 0 Å². The summed E-state index contributed by atoms with van der Waals surface area (Å²) >= 11 is 0. The average molecular weight is 876 g/mol. The molecule has 0 N–H and O–H groups in total. The largest absolute Gasteiger partial charge is 0.310 e. The summed E-state index contributed by atoms with van der Waals surface area (Å²) in [5.74, 6) is 0. The van der Waals surface area contributed by atoms with Crippen molar-refractivity contribution in [3.8, 4) is 55.6 Å². The molecule has 13 aromatic rings.